The van der Waals surface area contributed by atoms with Gasteiger partial charge in [0.2, 0.25) is 0 Å². The monoisotopic (exact) mass is 288 g/mol. The zero-order valence-corrected chi connectivity index (χ0v) is 12.1. The third kappa shape index (κ3) is 3.00. The zero-order chi connectivity index (χ0) is 14.8. The number of nitrogens with zero attached hydrogens (tertiary/aromatic N) is 1. The lowest BCUT2D eigenvalue weighted by molar-refractivity contribution is 0.229. The topological polar surface area (TPSA) is 81.0 Å². The van der Waals surface area contributed by atoms with Crippen LogP contribution in [0.1, 0.15) is 19.8 Å². The summed E-state index contributed by atoms with van der Waals surface area (Å²) in [4.78, 5) is 30.3. The molecule has 1 saturated heterocycles. The third-order valence-electron chi connectivity index (χ3n) is 4.13. The minimum absolute atomic E-state index is 0.458. The van der Waals surface area contributed by atoms with Crippen molar-refractivity contribution >= 4 is 16.7 Å². The average Bonchev–Trinajstić information content (AvgIpc) is 2.49. The molecule has 3 N–H and O–H groups in total. The van der Waals surface area contributed by atoms with E-state index in [-0.39, 0.29) is 0 Å². The van der Waals surface area contributed by atoms with Gasteiger partial charge < -0.3 is 20.2 Å². The van der Waals surface area contributed by atoms with E-state index >= 15 is 0 Å². The highest BCUT2D eigenvalue weighted by Crippen LogP contribution is 2.19. The van der Waals surface area contributed by atoms with Crippen molar-refractivity contribution in [3.05, 3.63) is 38.9 Å². The summed E-state index contributed by atoms with van der Waals surface area (Å²) in [6.45, 7) is 5.53. The molecule has 0 spiro atoms. The standard InChI is InChI=1S/C15H20N4O2/c1-2-19-7-5-10(6-8-19)16-11-3-4-12-13(9-11)18-15(21)14(20)17-12/h3-4,9-10,16H,2,5-8H2,1H3,(H,17,20)(H,18,21). The van der Waals surface area contributed by atoms with Crippen molar-refractivity contribution in [1.29, 1.82) is 0 Å². The number of nitrogens with one attached hydrogen (secondary N) is 3. The Kier molecular flexibility index (Phi) is 3.79. The first-order valence-corrected chi connectivity index (χ1v) is 7.41. The number of anilines is 1. The Morgan fingerprint density at radius 1 is 1.14 bits per heavy atom. The third-order valence-corrected chi connectivity index (χ3v) is 4.13. The Hall–Kier alpha value is -2.08. The van der Waals surface area contributed by atoms with Crippen LogP contribution < -0.4 is 16.4 Å². The number of hydrogen-bond donors (Lipinski definition) is 3. The largest absolute Gasteiger partial charge is 0.382 e. The fraction of sp³-hybridized carbons (Fsp3) is 0.467. The van der Waals surface area contributed by atoms with E-state index in [0.29, 0.717) is 17.1 Å². The molecule has 0 unspecified atom stereocenters. The molecule has 0 aliphatic carbocycles. The van der Waals surface area contributed by atoms with Gasteiger partial charge in [-0.3, -0.25) is 9.59 Å². The van der Waals surface area contributed by atoms with Crippen LogP contribution >= 0.6 is 0 Å². The van der Waals surface area contributed by atoms with Gasteiger partial charge in [0, 0.05) is 24.8 Å². The molecule has 1 aliphatic heterocycles. The average molecular weight is 288 g/mol. The summed E-state index contributed by atoms with van der Waals surface area (Å²) in [7, 11) is 0. The molecule has 1 fully saturated rings. The second-order valence-electron chi connectivity index (χ2n) is 5.52. The highest BCUT2D eigenvalue weighted by Gasteiger charge is 2.17. The molecule has 0 bridgehead atoms. The quantitative estimate of drug-likeness (QED) is 0.739. The molecular formula is C15H20N4O2. The maximum Gasteiger partial charge on any atom is 0.314 e. The summed E-state index contributed by atoms with van der Waals surface area (Å²) >= 11 is 0. The number of aromatic amines is 2. The van der Waals surface area contributed by atoms with Crippen molar-refractivity contribution in [2.24, 2.45) is 0 Å². The molecule has 2 heterocycles. The number of hydrogen-bond acceptors (Lipinski definition) is 4. The van der Waals surface area contributed by atoms with Crippen LogP contribution in [0.4, 0.5) is 5.69 Å². The normalized spacial score (nSPS) is 17.2. The number of rotatable bonds is 3. The van der Waals surface area contributed by atoms with E-state index in [1.165, 1.54) is 0 Å². The Morgan fingerprint density at radius 3 is 2.48 bits per heavy atom. The maximum absolute atomic E-state index is 11.4. The Morgan fingerprint density at radius 2 is 1.81 bits per heavy atom. The number of piperidine rings is 1. The zero-order valence-electron chi connectivity index (χ0n) is 12.1. The van der Waals surface area contributed by atoms with Crippen LogP contribution in [0, 0.1) is 0 Å². The first-order valence-electron chi connectivity index (χ1n) is 7.41. The molecule has 1 aromatic heterocycles. The van der Waals surface area contributed by atoms with E-state index in [9.17, 15) is 9.59 Å². The van der Waals surface area contributed by atoms with Gasteiger partial charge in [0.15, 0.2) is 0 Å². The molecule has 0 amide bonds. The van der Waals surface area contributed by atoms with Crippen LogP contribution in [0.5, 0.6) is 0 Å². The summed E-state index contributed by atoms with van der Waals surface area (Å²) in [6, 6.07) is 6.08. The molecule has 6 heteroatoms. The number of H-pyrrole nitrogens is 2. The highest BCUT2D eigenvalue weighted by molar-refractivity contribution is 5.78. The molecular weight excluding hydrogens is 268 g/mol. The summed E-state index contributed by atoms with van der Waals surface area (Å²) in [5, 5.41) is 3.51. The molecule has 2 aromatic rings. The van der Waals surface area contributed by atoms with Gasteiger partial charge in [-0.25, -0.2) is 0 Å². The van der Waals surface area contributed by atoms with E-state index in [1.54, 1.807) is 0 Å². The molecule has 0 radical (unpaired) electrons. The van der Waals surface area contributed by atoms with E-state index in [4.69, 9.17) is 0 Å². The van der Waals surface area contributed by atoms with E-state index in [1.807, 2.05) is 18.2 Å². The van der Waals surface area contributed by atoms with E-state index in [2.05, 4.69) is 27.1 Å². The summed E-state index contributed by atoms with van der Waals surface area (Å²) in [5.41, 5.74) is 1.03. The summed E-state index contributed by atoms with van der Waals surface area (Å²) < 4.78 is 0. The van der Waals surface area contributed by atoms with Crippen LogP contribution in [0.15, 0.2) is 27.8 Å². The summed E-state index contributed by atoms with van der Waals surface area (Å²) in [6.07, 6.45) is 2.24. The predicted molar refractivity (Wildman–Crippen MR) is 83.9 cm³/mol. The second-order valence-corrected chi connectivity index (χ2v) is 5.52. The fourth-order valence-corrected chi connectivity index (χ4v) is 2.83. The maximum atomic E-state index is 11.4. The fourth-order valence-electron chi connectivity index (χ4n) is 2.83. The van der Waals surface area contributed by atoms with Gasteiger partial charge in [-0.1, -0.05) is 6.92 Å². The van der Waals surface area contributed by atoms with Crippen LogP contribution in [0.25, 0.3) is 11.0 Å². The van der Waals surface area contributed by atoms with Gasteiger partial charge in [-0.15, -0.1) is 0 Å². The molecule has 6 nitrogen and oxygen atoms in total. The van der Waals surface area contributed by atoms with E-state index < -0.39 is 11.1 Å². The minimum atomic E-state index is -0.616. The van der Waals surface area contributed by atoms with Gasteiger partial charge in [-0.2, -0.15) is 0 Å². The van der Waals surface area contributed by atoms with Crippen LogP contribution in [0.2, 0.25) is 0 Å². The van der Waals surface area contributed by atoms with Gasteiger partial charge in [0.05, 0.1) is 11.0 Å². The van der Waals surface area contributed by atoms with Crippen molar-refractivity contribution in [2.45, 2.75) is 25.8 Å². The Labute approximate surface area is 122 Å². The molecule has 21 heavy (non-hydrogen) atoms. The van der Waals surface area contributed by atoms with Gasteiger partial charge in [0.1, 0.15) is 0 Å². The van der Waals surface area contributed by atoms with Gasteiger partial charge >= 0.3 is 11.1 Å². The Bertz CT molecular complexity index is 741. The minimum Gasteiger partial charge on any atom is -0.382 e. The molecule has 0 saturated carbocycles. The van der Waals surface area contributed by atoms with Gasteiger partial charge in [-0.05, 0) is 37.6 Å². The molecule has 1 aliphatic rings. The summed E-state index contributed by atoms with van der Waals surface area (Å²) in [5.74, 6) is 0. The predicted octanol–water partition coefficient (Wildman–Crippen LogP) is 1.11. The lowest BCUT2D eigenvalue weighted by atomic mass is 10.0. The number of aromatic nitrogens is 2. The van der Waals surface area contributed by atoms with E-state index in [0.717, 1.165) is 38.2 Å². The van der Waals surface area contributed by atoms with Crippen molar-refractivity contribution in [2.75, 3.05) is 25.0 Å². The number of likely N-dealkylation sites (tertiary alicyclic amines) is 1. The van der Waals surface area contributed by atoms with Gasteiger partial charge in [0.25, 0.3) is 0 Å². The lowest BCUT2D eigenvalue weighted by Crippen LogP contribution is -2.38. The molecule has 1 aromatic carbocycles. The number of benzene rings is 1. The SMILES string of the molecule is CCN1CCC(Nc2ccc3[nH]c(=O)c(=O)[nH]c3c2)CC1. The second kappa shape index (κ2) is 5.73. The lowest BCUT2D eigenvalue weighted by Gasteiger charge is -2.32. The number of fused-ring (bicyclic) bond motifs is 1. The van der Waals surface area contributed by atoms with Crippen molar-refractivity contribution in [1.82, 2.24) is 14.9 Å². The van der Waals surface area contributed by atoms with Crippen LogP contribution in [-0.4, -0.2) is 40.5 Å². The highest BCUT2D eigenvalue weighted by atomic mass is 16.2. The first-order chi connectivity index (χ1) is 10.2. The molecule has 3 rings (SSSR count). The van der Waals surface area contributed by atoms with Crippen molar-refractivity contribution in [3.8, 4) is 0 Å². The van der Waals surface area contributed by atoms with Crippen molar-refractivity contribution < 1.29 is 0 Å². The van der Waals surface area contributed by atoms with Crippen LogP contribution in [0.3, 0.4) is 0 Å². The van der Waals surface area contributed by atoms with Crippen molar-refractivity contribution in [3.63, 3.8) is 0 Å². The smallest absolute Gasteiger partial charge is 0.314 e. The first kappa shape index (κ1) is 13.9. The molecule has 112 valence electrons. The Balaban J connectivity index is 1.77. The van der Waals surface area contributed by atoms with Crippen LogP contribution in [-0.2, 0) is 0 Å². The molecule has 0 atom stereocenters.